The number of hydrogen-bond donors (Lipinski definition) is 0. The molecule has 1 heterocycles. The largest absolute Gasteiger partial charge is 0.483 e. The van der Waals surface area contributed by atoms with Gasteiger partial charge in [0.2, 0.25) is 0 Å². The summed E-state index contributed by atoms with van der Waals surface area (Å²) in [5.74, 6) is -0.829. The van der Waals surface area contributed by atoms with Crippen molar-refractivity contribution in [1.29, 1.82) is 0 Å². The van der Waals surface area contributed by atoms with Crippen molar-refractivity contribution in [3.8, 4) is 5.75 Å². The average Bonchev–Trinajstić information content (AvgIpc) is 2.83. The van der Waals surface area contributed by atoms with Crippen molar-refractivity contribution >= 4 is 22.9 Å². The number of hydrogen-bond acceptors (Lipinski definition) is 3. The van der Waals surface area contributed by atoms with Gasteiger partial charge < -0.3 is 4.74 Å². The number of rotatable bonds is 5. The summed E-state index contributed by atoms with van der Waals surface area (Å²) in [5, 5.41) is 2.60. The molecule has 6 heteroatoms. The van der Waals surface area contributed by atoms with Crippen molar-refractivity contribution in [2.45, 2.75) is 25.3 Å². The molecule has 0 spiro atoms. The van der Waals surface area contributed by atoms with E-state index in [4.69, 9.17) is 16.3 Å². The SMILES string of the molecule is CCC(Oc1cc(F)cc(F)c1)c1nc(CCl)cs1. The Hall–Kier alpha value is -1.20. The normalized spacial score (nSPS) is 12.4. The molecular weight excluding hydrogens is 292 g/mol. The molecule has 0 bridgehead atoms. The molecule has 2 nitrogen and oxygen atoms in total. The van der Waals surface area contributed by atoms with Crippen LogP contribution < -0.4 is 4.74 Å². The molecule has 1 atom stereocenters. The van der Waals surface area contributed by atoms with Gasteiger partial charge in [0.05, 0.1) is 11.6 Å². The van der Waals surface area contributed by atoms with Gasteiger partial charge in [-0.15, -0.1) is 22.9 Å². The van der Waals surface area contributed by atoms with Crippen LogP contribution in [0, 0.1) is 11.6 Å². The molecule has 0 aliphatic carbocycles. The van der Waals surface area contributed by atoms with Crippen molar-refractivity contribution in [2.75, 3.05) is 0 Å². The topological polar surface area (TPSA) is 22.1 Å². The second-order valence-electron chi connectivity index (χ2n) is 3.93. The molecule has 0 aliphatic heterocycles. The number of nitrogens with zero attached hydrogens (tertiary/aromatic N) is 1. The Morgan fingerprint density at radius 1 is 1.32 bits per heavy atom. The zero-order valence-corrected chi connectivity index (χ0v) is 11.8. The first-order chi connectivity index (χ1) is 9.12. The van der Waals surface area contributed by atoms with Gasteiger partial charge in [-0.05, 0) is 6.42 Å². The van der Waals surface area contributed by atoms with Gasteiger partial charge in [0.15, 0.2) is 0 Å². The fourth-order valence-corrected chi connectivity index (χ4v) is 2.76. The summed E-state index contributed by atoms with van der Waals surface area (Å²) in [7, 11) is 0. The van der Waals surface area contributed by atoms with Gasteiger partial charge in [-0.1, -0.05) is 6.92 Å². The van der Waals surface area contributed by atoms with Crippen LogP contribution in [-0.2, 0) is 5.88 Å². The van der Waals surface area contributed by atoms with Crippen molar-refractivity contribution in [3.05, 3.63) is 45.9 Å². The third kappa shape index (κ3) is 3.64. The smallest absolute Gasteiger partial charge is 0.150 e. The zero-order chi connectivity index (χ0) is 13.8. The molecule has 0 N–H and O–H groups in total. The maximum absolute atomic E-state index is 13.1. The highest BCUT2D eigenvalue weighted by atomic mass is 35.5. The highest BCUT2D eigenvalue weighted by molar-refractivity contribution is 7.09. The summed E-state index contributed by atoms with van der Waals surface area (Å²) in [6.45, 7) is 1.92. The van der Waals surface area contributed by atoms with Gasteiger partial charge in [0.1, 0.15) is 28.5 Å². The highest BCUT2D eigenvalue weighted by Gasteiger charge is 2.16. The number of thiazole rings is 1. The molecule has 19 heavy (non-hydrogen) atoms. The molecule has 0 saturated heterocycles. The van der Waals surface area contributed by atoms with Crippen LogP contribution in [0.4, 0.5) is 8.78 Å². The van der Waals surface area contributed by atoms with E-state index in [0.29, 0.717) is 12.3 Å². The van der Waals surface area contributed by atoms with E-state index in [1.807, 2.05) is 12.3 Å². The lowest BCUT2D eigenvalue weighted by Crippen LogP contribution is -2.06. The van der Waals surface area contributed by atoms with Gasteiger partial charge >= 0.3 is 0 Å². The molecule has 102 valence electrons. The van der Waals surface area contributed by atoms with Gasteiger partial charge in [-0.3, -0.25) is 0 Å². The highest BCUT2D eigenvalue weighted by Crippen LogP contribution is 2.28. The first kappa shape index (κ1) is 14.2. The van der Waals surface area contributed by atoms with Crippen molar-refractivity contribution < 1.29 is 13.5 Å². The zero-order valence-electron chi connectivity index (χ0n) is 10.2. The Kier molecular flexibility index (Phi) is 4.71. The van der Waals surface area contributed by atoms with Crippen LogP contribution in [0.3, 0.4) is 0 Å². The fourth-order valence-electron chi connectivity index (χ4n) is 1.60. The molecule has 0 amide bonds. The lowest BCUT2D eigenvalue weighted by atomic mass is 10.2. The first-order valence-electron chi connectivity index (χ1n) is 5.75. The van der Waals surface area contributed by atoms with E-state index in [9.17, 15) is 8.78 Å². The third-order valence-corrected chi connectivity index (χ3v) is 3.73. The summed E-state index contributed by atoms with van der Waals surface area (Å²) in [4.78, 5) is 4.32. The predicted molar refractivity (Wildman–Crippen MR) is 71.7 cm³/mol. The quantitative estimate of drug-likeness (QED) is 0.748. The van der Waals surface area contributed by atoms with Gasteiger partial charge in [0, 0.05) is 23.6 Å². The van der Waals surface area contributed by atoms with Crippen LogP contribution in [0.25, 0.3) is 0 Å². The molecule has 2 rings (SSSR count). The molecule has 0 aliphatic rings. The Morgan fingerprint density at radius 2 is 2.00 bits per heavy atom. The second-order valence-corrected chi connectivity index (χ2v) is 5.09. The van der Waals surface area contributed by atoms with Gasteiger partial charge in [-0.25, -0.2) is 13.8 Å². The fraction of sp³-hybridized carbons (Fsp3) is 0.308. The summed E-state index contributed by atoms with van der Waals surface area (Å²) in [6.07, 6.45) is 0.316. The summed E-state index contributed by atoms with van der Waals surface area (Å²) in [5.41, 5.74) is 0.772. The number of benzene rings is 1. The summed E-state index contributed by atoms with van der Waals surface area (Å²) >= 11 is 7.12. The van der Waals surface area contributed by atoms with Crippen molar-refractivity contribution in [2.24, 2.45) is 0 Å². The average molecular weight is 304 g/mol. The van der Waals surface area contributed by atoms with E-state index in [2.05, 4.69) is 4.98 Å². The van der Waals surface area contributed by atoms with E-state index in [1.54, 1.807) is 0 Å². The maximum Gasteiger partial charge on any atom is 0.150 e. The monoisotopic (exact) mass is 303 g/mol. The molecule has 1 aromatic carbocycles. The molecule has 2 aromatic rings. The van der Waals surface area contributed by atoms with E-state index in [1.165, 1.54) is 11.3 Å². The number of alkyl halides is 1. The van der Waals surface area contributed by atoms with Gasteiger partial charge in [-0.2, -0.15) is 0 Å². The van der Waals surface area contributed by atoms with Crippen molar-refractivity contribution in [3.63, 3.8) is 0 Å². The lowest BCUT2D eigenvalue weighted by molar-refractivity contribution is 0.199. The minimum absolute atomic E-state index is 0.159. The number of aromatic nitrogens is 1. The van der Waals surface area contributed by atoms with Crippen LogP contribution in [0.2, 0.25) is 0 Å². The molecule has 1 aromatic heterocycles. The van der Waals surface area contributed by atoms with Crippen molar-refractivity contribution in [1.82, 2.24) is 4.98 Å². The van der Waals surface area contributed by atoms with Crippen LogP contribution in [0.1, 0.15) is 30.2 Å². The molecular formula is C13H12ClF2NOS. The van der Waals surface area contributed by atoms with E-state index < -0.39 is 11.6 Å². The maximum atomic E-state index is 13.1. The Balaban J connectivity index is 2.18. The minimum Gasteiger partial charge on any atom is -0.483 e. The Morgan fingerprint density at radius 3 is 2.53 bits per heavy atom. The van der Waals surface area contributed by atoms with Crippen LogP contribution >= 0.6 is 22.9 Å². The van der Waals surface area contributed by atoms with Gasteiger partial charge in [0.25, 0.3) is 0 Å². The van der Waals surface area contributed by atoms with Crippen LogP contribution in [-0.4, -0.2) is 4.98 Å². The lowest BCUT2D eigenvalue weighted by Gasteiger charge is -2.15. The van der Waals surface area contributed by atoms with Crippen LogP contribution in [0.5, 0.6) is 5.75 Å². The number of halogens is 3. The molecule has 0 radical (unpaired) electrons. The summed E-state index contributed by atoms with van der Waals surface area (Å²) < 4.78 is 31.8. The first-order valence-corrected chi connectivity index (χ1v) is 7.16. The Bertz CT molecular complexity index is 541. The minimum atomic E-state index is -0.662. The number of ether oxygens (including phenoxy) is 1. The predicted octanol–water partition coefficient (Wildman–Crippen LogP) is 4.69. The molecule has 1 unspecified atom stereocenters. The summed E-state index contributed by atoms with van der Waals surface area (Å²) in [6, 6.07) is 3.12. The molecule has 0 saturated carbocycles. The Labute approximate surface area is 119 Å². The standard InChI is InChI=1S/C13H12ClF2NOS/c1-2-12(13-17-10(6-14)7-19-13)18-11-4-8(15)3-9(16)5-11/h3-5,7,12H,2,6H2,1H3. The van der Waals surface area contributed by atoms with E-state index in [0.717, 1.165) is 28.9 Å². The van der Waals surface area contributed by atoms with E-state index in [-0.39, 0.29) is 11.9 Å². The second kappa shape index (κ2) is 6.30. The van der Waals surface area contributed by atoms with E-state index >= 15 is 0 Å². The van der Waals surface area contributed by atoms with Crippen LogP contribution in [0.15, 0.2) is 23.6 Å². The molecule has 0 fully saturated rings. The third-order valence-electron chi connectivity index (χ3n) is 2.47.